The average molecular weight is 289 g/mol. The van der Waals surface area contributed by atoms with Crippen molar-refractivity contribution < 1.29 is 18.4 Å². The van der Waals surface area contributed by atoms with Crippen LogP contribution in [0.25, 0.3) is 0 Å². The summed E-state index contributed by atoms with van der Waals surface area (Å²) in [5.74, 6) is -2.00. The molecule has 0 unspecified atom stereocenters. The Bertz CT molecular complexity index is 688. The van der Waals surface area contributed by atoms with Crippen molar-refractivity contribution in [2.75, 3.05) is 6.54 Å². The number of hydroxylamine groups is 2. The number of benzene rings is 2. The molecule has 0 bridgehead atoms. The third-order valence-corrected chi connectivity index (χ3v) is 3.38. The summed E-state index contributed by atoms with van der Waals surface area (Å²) in [6, 6.07) is 10.3. The van der Waals surface area contributed by atoms with Crippen LogP contribution < -0.4 is 4.84 Å². The first-order valence-corrected chi connectivity index (χ1v) is 6.68. The molecule has 0 radical (unpaired) electrons. The highest BCUT2D eigenvalue weighted by atomic mass is 19.1. The minimum Gasteiger partial charge on any atom is -0.373 e. The monoisotopic (exact) mass is 289 g/mol. The van der Waals surface area contributed by atoms with Crippen LogP contribution in [0.15, 0.2) is 42.5 Å². The largest absolute Gasteiger partial charge is 0.373 e. The highest BCUT2D eigenvalue weighted by Crippen LogP contribution is 2.23. The van der Waals surface area contributed by atoms with Crippen LogP contribution in [0.1, 0.15) is 22.3 Å². The van der Waals surface area contributed by atoms with Crippen LogP contribution in [0, 0.1) is 11.6 Å². The van der Waals surface area contributed by atoms with Crippen molar-refractivity contribution in [2.24, 2.45) is 0 Å². The van der Waals surface area contributed by atoms with Gasteiger partial charge in [0.1, 0.15) is 5.82 Å². The fourth-order valence-corrected chi connectivity index (χ4v) is 2.35. The minimum atomic E-state index is -0.833. The zero-order valence-electron chi connectivity index (χ0n) is 11.2. The molecule has 3 nitrogen and oxygen atoms in total. The highest BCUT2D eigenvalue weighted by Gasteiger charge is 2.24. The molecule has 0 aliphatic carbocycles. The van der Waals surface area contributed by atoms with Gasteiger partial charge in [0.25, 0.3) is 5.91 Å². The predicted molar refractivity (Wildman–Crippen MR) is 72.8 cm³/mol. The molecule has 0 fully saturated rings. The van der Waals surface area contributed by atoms with E-state index in [0.717, 1.165) is 29.2 Å². The Morgan fingerprint density at radius 1 is 1.10 bits per heavy atom. The summed E-state index contributed by atoms with van der Waals surface area (Å²) < 4.78 is 26.5. The number of aryl methyl sites for hydroxylation is 1. The first-order valence-electron chi connectivity index (χ1n) is 6.68. The van der Waals surface area contributed by atoms with E-state index < -0.39 is 11.6 Å². The van der Waals surface area contributed by atoms with Crippen LogP contribution in [0.2, 0.25) is 0 Å². The molecule has 0 spiro atoms. The standard InChI is InChI=1S/C16H13F2NO2/c17-12-7-8-15(14(18)10-12)21-19-9-3-5-11-4-1-2-6-13(11)16(19)20/h1-2,4,6-8,10H,3,5,9H2. The fourth-order valence-electron chi connectivity index (χ4n) is 2.35. The Labute approximate surface area is 120 Å². The second-order valence-corrected chi connectivity index (χ2v) is 4.83. The summed E-state index contributed by atoms with van der Waals surface area (Å²) in [6.07, 6.45) is 1.47. The molecule has 108 valence electrons. The molecule has 5 heteroatoms. The quantitative estimate of drug-likeness (QED) is 0.848. The number of carbonyl (C=O) groups is 1. The lowest BCUT2D eigenvalue weighted by Crippen LogP contribution is -2.34. The Balaban J connectivity index is 1.87. The van der Waals surface area contributed by atoms with E-state index in [2.05, 4.69) is 0 Å². The third-order valence-electron chi connectivity index (χ3n) is 3.38. The van der Waals surface area contributed by atoms with Gasteiger partial charge >= 0.3 is 0 Å². The maximum Gasteiger partial charge on any atom is 0.286 e. The molecule has 0 aromatic heterocycles. The summed E-state index contributed by atoms with van der Waals surface area (Å²) in [6.45, 7) is 0.352. The van der Waals surface area contributed by atoms with E-state index in [-0.39, 0.29) is 11.7 Å². The molecule has 1 aliphatic heterocycles. The van der Waals surface area contributed by atoms with Crippen LogP contribution in [0.5, 0.6) is 5.75 Å². The van der Waals surface area contributed by atoms with E-state index in [4.69, 9.17) is 4.84 Å². The number of halogens is 2. The van der Waals surface area contributed by atoms with E-state index >= 15 is 0 Å². The molecule has 2 aromatic rings. The van der Waals surface area contributed by atoms with Crippen molar-refractivity contribution in [1.29, 1.82) is 0 Å². The Kier molecular flexibility index (Phi) is 3.56. The van der Waals surface area contributed by atoms with Crippen LogP contribution in [0.3, 0.4) is 0 Å². The first-order chi connectivity index (χ1) is 10.1. The molecule has 0 saturated heterocycles. The molecular weight excluding hydrogens is 276 g/mol. The van der Waals surface area contributed by atoms with Gasteiger partial charge in [0.05, 0.1) is 6.54 Å². The molecule has 0 N–H and O–H groups in total. The van der Waals surface area contributed by atoms with Crippen molar-refractivity contribution in [3.05, 3.63) is 65.2 Å². The van der Waals surface area contributed by atoms with Gasteiger partial charge in [-0.2, -0.15) is 5.06 Å². The number of rotatable bonds is 2. The number of carbonyl (C=O) groups excluding carboxylic acids is 1. The van der Waals surface area contributed by atoms with E-state index in [1.165, 1.54) is 6.07 Å². The normalized spacial score (nSPS) is 14.6. The van der Waals surface area contributed by atoms with Crippen LogP contribution in [-0.4, -0.2) is 17.5 Å². The number of hydrogen-bond donors (Lipinski definition) is 0. The zero-order chi connectivity index (χ0) is 14.8. The summed E-state index contributed by atoms with van der Waals surface area (Å²) in [5.41, 5.74) is 1.51. The van der Waals surface area contributed by atoms with E-state index in [1.54, 1.807) is 12.1 Å². The number of hydrogen-bond acceptors (Lipinski definition) is 2. The van der Waals surface area contributed by atoms with Gasteiger partial charge in [-0.25, -0.2) is 8.78 Å². The van der Waals surface area contributed by atoms with Crippen molar-refractivity contribution in [2.45, 2.75) is 12.8 Å². The van der Waals surface area contributed by atoms with Gasteiger partial charge < -0.3 is 4.84 Å². The van der Waals surface area contributed by atoms with Gasteiger partial charge in [0, 0.05) is 11.6 Å². The molecule has 1 amide bonds. The van der Waals surface area contributed by atoms with Crippen molar-refractivity contribution in [1.82, 2.24) is 5.06 Å². The van der Waals surface area contributed by atoms with Gasteiger partial charge in [0.15, 0.2) is 11.6 Å². The molecule has 1 heterocycles. The number of fused-ring (bicyclic) bond motifs is 1. The van der Waals surface area contributed by atoms with Gasteiger partial charge in [-0.05, 0) is 36.6 Å². The van der Waals surface area contributed by atoms with E-state index in [0.29, 0.717) is 18.5 Å². The highest BCUT2D eigenvalue weighted by molar-refractivity contribution is 5.95. The van der Waals surface area contributed by atoms with E-state index in [9.17, 15) is 13.6 Å². The molecule has 0 atom stereocenters. The lowest BCUT2D eigenvalue weighted by Gasteiger charge is -2.21. The minimum absolute atomic E-state index is 0.163. The molecule has 21 heavy (non-hydrogen) atoms. The third kappa shape index (κ3) is 2.72. The maximum absolute atomic E-state index is 13.6. The fraction of sp³-hybridized carbons (Fsp3) is 0.188. The second-order valence-electron chi connectivity index (χ2n) is 4.83. The first kappa shape index (κ1) is 13.5. The summed E-state index contributed by atoms with van der Waals surface area (Å²) in [4.78, 5) is 17.8. The Morgan fingerprint density at radius 3 is 2.71 bits per heavy atom. The average Bonchev–Trinajstić information content (AvgIpc) is 2.63. The van der Waals surface area contributed by atoms with Crippen LogP contribution in [-0.2, 0) is 6.42 Å². The molecule has 2 aromatic carbocycles. The molecule has 3 rings (SSSR count). The van der Waals surface area contributed by atoms with Crippen molar-refractivity contribution in [3.63, 3.8) is 0 Å². The maximum atomic E-state index is 13.6. The van der Waals surface area contributed by atoms with Crippen LogP contribution in [0.4, 0.5) is 8.78 Å². The van der Waals surface area contributed by atoms with Gasteiger partial charge in [-0.15, -0.1) is 0 Å². The number of amides is 1. The zero-order valence-corrected chi connectivity index (χ0v) is 11.2. The van der Waals surface area contributed by atoms with Gasteiger partial charge in [-0.1, -0.05) is 18.2 Å². The van der Waals surface area contributed by atoms with E-state index in [1.807, 2.05) is 12.1 Å². The summed E-state index contributed by atoms with van der Waals surface area (Å²) in [7, 11) is 0. The lowest BCUT2D eigenvalue weighted by molar-refractivity contribution is -0.0348. The lowest BCUT2D eigenvalue weighted by atomic mass is 10.0. The van der Waals surface area contributed by atoms with Crippen LogP contribution >= 0.6 is 0 Å². The Morgan fingerprint density at radius 2 is 1.90 bits per heavy atom. The predicted octanol–water partition coefficient (Wildman–Crippen LogP) is 3.35. The topological polar surface area (TPSA) is 29.5 Å². The second kappa shape index (κ2) is 5.52. The van der Waals surface area contributed by atoms with Crippen molar-refractivity contribution >= 4 is 5.91 Å². The smallest absolute Gasteiger partial charge is 0.286 e. The molecule has 1 aliphatic rings. The number of nitrogens with zero attached hydrogens (tertiary/aromatic N) is 1. The van der Waals surface area contributed by atoms with Crippen molar-refractivity contribution in [3.8, 4) is 5.75 Å². The van der Waals surface area contributed by atoms with Gasteiger partial charge in [-0.3, -0.25) is 4.79 Å². The van der Waals surface area contributed by atoms with Gasteiger partial charge in [0.2, 0.25) is 0 Å². The summed E-state index contributed by atoms with van der Waals surface area (Å²) in [5, 5.41) is 1.13. The summed E-state index contributed by atoms with van der Waals surface area (Å²) >= 11 is 0. The molecular formula is C16H13F2NO2. The molecule has 0 saturated carbocycles. The Hall–Kier alpha value is -2.43. The SMILES string of the molecule is O=C1c2ccccc2CCCN1Oc1ccc(F)cc1F.